The number of hydrogen-bond donors (Lipinski definition) is 2. The van der Waals surface area contributed by atoms with Crippen molar-refractivity contribution in [2.24, 2.45) is 0 Å². The van der Waals surface area contributed by atoms with Gasteiger partial charge in [0.2, 0.25) is 10.0 Å². The van der Waals surface area contributed by atoms with Gasteiger partial charge < -0.3 is 10.2 Å². The third-order valence-electron chi connectivity index (χ3n) is 4.89. The number of aryl methyl sites for hydroxylation is 2. The Hall–Kier alpha value is -2.54. The first kappa shape index (κ1) is 20.2. The molecule has 7 heteroatoms. The van der Waals surface area contributed by atoms with Crippen molar-refractivity contribution in [3.63, 3.8) is 0 Å². The molecule has 3 rings (SSSR count). The molecule has 1 aliphatic rings. The van der Waals surface area contributed by atoms with Crippen molar-refractivity contribution in [3.05, 3.63) is 59.2 Å². The summed E-state index contributed by atoms with van der Waals surface area (Å²) in [5.74, 6) is -0.199. The molecule has 1 aliphatic heterocycles. The lowest BCUT2D eigenvalue weighted by molar-refractivity contribution is 0.0953. The highest BCUT2D eigenvalue weighted by molar-refractivity contribution is 7.92. The Morgan fingerprint density at radius 1 is 1.18 bits per heavy atom. The number of nitrogens with zero attached hydrogens (tertiary/aromatic N) is 1. The number of nitrogens with one attached hydrogen (secondary N) is 2. The molecule has 0 unspecified atom stereocenters. The van der Waals surface area contributed by atoms with Crippen molar-refractivity contribution in [1.29, 1.82) is 0 Å². The van der Waals surface area contributed by atoms with E-state index in [-0.39, 0.29) is 5.91 Å². The maximum atomic E-state index is 12.4. The molecule has 1 heterocycles. The van der Waals surface area contributed by atoms with Gasteiger partial charge in [0.25, 0.3) is 5.91 Å². The van der Waals surface area contributed by atoms with Gasteiger partial charge in [0.1, 0.15) is 0 Å². The summed E-state index contributed by atoms with van der Waals surface area (Å²) in [5.41, 5.74) is 4.34. The highest BCUT2D eigenvalue weighted by Crippen LogP contribution is 2.26. The average molecular weight is 402 g/mol. The highest BCUT2D eigenvalue weighted by Gasteiger charge is 2.16. The fourth-order valence-corrected chi connectivity index (χ4v) is 4.11. The van der Waals surface area contributed by atoms with E-state index in [4.69, 9.17) is 0 Å². The third-order valence-corrected chi connectivity index (χ3v) is 5.48. The summed E-state index contributed by atoms with van der Waals surface area (Å²) in [6.45, 7) is 4.31. The van der Waals surface area contributed by atoms with Crippen LogP contribution in [0.25, 0.3) is 0 Å². The van der Waals surface area contributed by atoms with E-state index in [0.29, 0.717) is 17.8 Å². The second-order valence-electron chi connectivity index (χ2n) is 7.23. The summed E-state index contributed by atoms with van der Waals surface area (Å²) in [6, 6.07) is 13.5. The number of benzene rings is 2. The van der Waals surface area contributed by atoms with Crippen LogP contribution in [0.2, 0.25) is 0 Å². The largest absolute Gasteiger partial charge is 0.371 e. The molecule has 2 aromatic rings. The SMILES string of the molecule is Cc1ccc(C(=O)NCCCN2CCCc3ccccc32)cc1NS(C)(=O)=O. The number of para-hydroxylation sites is 1. The molecule has 1 amide bonds. The van der Waals surface area contributed by atoms with Crippen LogP contribution in [0.3, 0.4) is 0 Å². The number of anilines is 2. The number of hydrogen-bond acceptors (Lipinski definition) is 4. The van der Waals surface area contributed by atoms with E-state index in [2.05, 4.69) is 39.2 Å². The van der Waals surface area contributed by atoms with Crippen LogP contribution in [0.5, 0.6) is 0 Å². The van der Waals surface area contributed by atoms with Crippen molar-refractivity contribution in [2.75, 3.05) is 35.5 Å². The first-order valence-electron chi connectivity index (χ1n) is 9.53. The lowest BCUT2D eigenvalue weighted by Crippen LogP contribution is -2.33. The van der Waals surface area contributed by atoms with Crippen LogP contribution in [0.1, 0.15) is 34.3 Å². The van der Waals surface area contributed by atoms with Crippen LogP contribution in [0, 0.1) is 6.92 Å². The quantitative estimate of drug-likeness (QED) is 0.699. The normalized spacial score (nSPS) is 13.7. The Labute approximate surface area is 167 Å². The van der Waals surface area contributed by atoms with Gasteiger partial charge in [0, 0.05) is 30.9 Å². The van der Waals surface area contributed by atoms with E-state index >= 15 is 0 Å². The monoisotopic (exact) mass is 401 g/mol. The molecule has 0 atom stereocenters. The fourth-order valence-electron chi connectivity index (χ4n) is 3.49. The highest BCUT2D eigenvalue weighted by atomic mass is 32.2. The van der Waals surface area contributed by atoms with E-state index < -0.39 is 10.0 Å². The molecular formula is C21H27N3O3S. The zero-order chi connectivity index (χ0) is 20.1. The van der Waals surface area contributed by atoms with Gasteiger partial charge in [-0.05, 0) is 55.5 Å². The number of fused-ring (bicyclic) bond motifs is 1. The Bertz CT molecular complexity index is 957. The zero-order valence-electron chi connectivity index (χ0n) is 16.4. The summed E-state index contributed by atoms with van der Waals surface area (Å²) in [5, 5.41) is 2.93. The maximum absolute atomic E-state index is 12.4. The lowest BCUT2D eigenvalue weighted by Gasteiger charge is -2.31. The Morgan fingerprint density at radius 3 is 2.75 bits per heavy atom. The summed E-state index contributed by atoms with van der Waals surface area (Å²) in [4.78, 5) is 14.8. The van der Waals surface area contributed by atoms with E-state index in [1.165, 1.54) is 11.3 Å². The maximum Gasteiger partial charge on any atom is 0.251 e. The summed E-state index contributed by atoms with van der Waals surface area (Å²) in [6.07, 6.45) is 4.22. The van der Waals surface area contributed by atoms with Crippen LogP contribution in [-0.2, 0) is 16.4 Å². The van der Waals surface area contributed by atoms with E-state index in [9.17, 15) is 13.2 Å². The van der Waals surface area contributed by atoms with Gasteiger partial charge in [-0.2, -0.15) is 0 Å². The second-order valence-corrected chi connectivity index (χ2v) is 8.98. The molecule has 2 N–H and O–H groups in total. The molecule has 0 aliphatic carbocycles. The van der Waals surface area contributed by atoms with Gasteiger partial charge in [0.05, 0.1) is 11.9 Å². The van der Waals surface area contributed by atoms with E-state index in [0.717, 1.165) is 44.2 Å². The molecule has 0 radical (unpaired) electrons. The number of carbonyl (C=O) groups is 1. The number of rotatable bonds is 7. The molecule has 0 saturated heterocycles. The number of sulfonamides is 1. The van der Waals surface area contributed by atoms with Crippen LogP contribution in [-0.4, -0.2) is 40.2 Å². The minimum Gasteiger partial charge on any atom is -0.371 e. The lowest BCUT2D eigenvalue weighted by atomic mass is 10.0. The topological polar surface area (TPSA) is 78.5 Å². The van der Waals surface area contributed by atoms with Gasteiger partial charge in [-0.1, -0.05) is 24.3 Å². The van der Waals surface area contributed by atoms with Gasteiger partial charge >= 0.3 is 0 Å². The second kappa shape index (κ2) is 8.65. The molecule has 28 heavy (non-hydrogen) atoms. The molecule has 0 aromatic heterocycles. The zero-order valence-corrected chi connectivity index (χ0v) is 17.2. The molecule has 0 saturated carbocycles. The van der Waals surface area contributed by atoms with Crippen molar-refractivity contribution in [2.45, 2.75) is 26.2 Å². The minimum absolute atomic E-state index is 0.199. The molecule has 0 bridgehead atoms. The molecule has 6 nitrogen and oxygen atoms in total. The Morgan fingerprint density at radius 2 is 1.96 bits per heavy atom. The van der Waals surface area contributed by atoms with E-state index in [1.807, 2.05) is 0 Å². The fraction of sp³-hybridized carbons (Fsp3) is 0.381. The van der Waals surface area contributed by atoms with Gasteiger partial charge in [-0.15, -0.1) is 0 Å². The molecule has 0 spiro atoms. The standard InChI is InChI=1S/C21H27N3O3S/c1-16-10-11-18(15-19(16)23-28(2,26)27)21(25)22-12-6-14-24-13-5-8-17-7-3-4-9-20(17)24/h3-4,7,9-11,15,23H,5-6,8,12-14H2,1-2H3,(H,22,25). The molecular weight excluding hydrogens is 374 g/mol. The minimum atomic E-state index is -3.39. The first-order chi connectivity index (χ1) is 13.3. The summed E-state index contributed by atoms with van der Waals surface area (Å²) in [7, 11) is -3.39. The first-order valence-corrected chi connectivity index (χ1v) is 11.4. The van der Waals surface area contributed by atoms with Crippen molar-refractivity contribution in [1.82, 2.24) is 5.32 Å². The van der Waals surface area contributed by atoms with Crippen LogP contribution in [0.4, 0.5) is 11.4 Å². The summed E-state index contributed by atoms with van der Waals surface area (Å²) < 4.78 is 25.4. The smallest absolute Gasteiger partial charge is 0.251 e. The predicted octanol–water partition coefficient (Wildman–Crippen LogP) is 2.94. The summed E-state index contributed by atoms with van der Waals surface area (Å²) >= 11 is 0. The number of amides is 1. The third kappa shape index (κ3) is 5.25. The molecule has 0 fully saturated rings. The number of carbonyl (C=O) groups excluding carboxylic acids is 1. The average Bonchev–Trinajstić information content (AvgIpc) is 2.66. The van der Waals surface area contributed by atoms with Crippen LogP contribution in [0.15, 0.2) is 42.5 Å². The Balaban J connectivity index is 1.53. The van der Waals surface area contributed by atoms with Gasteiger partial charge in [-0.25, -0.2) is 8.42 Å². The predicted molar refractivity (Wildman–Crippen MR) is 114 cm³/mol. The van der Waals surface area contributed by atoms with Crippen molar-refractivity contribution < 1.29 is 13.2 Å². The van der Waals surface area contributed by atoms with Crippen molar-refractivity contribution >= 4 is 27.3 Å². The molecule has 150 valence electrons. The van der Waals surface area contributed by atoms with Crippen molar-refractivity contribution in [3.8, 4) is 0 Å². The van der Waals surface area contributed by atoms with Gasteiger partial charge in [-0.3, -0.25) is 9.52 Å². The molecule has 2 aromatic carbocycles. The van der Waals surface area contributed by atoms with E-state index in [1.54, 1.807) is 25.1 Å². The van der Waals surface area contributed by atoms with Crippen LogP contribution < -0.4 is 14.9 Å². The van der Waals surface area contributed by atoms with Crippen LogP contribution >= 0.6 is 0 Å². The Kier molecular flexibility index (Phi) is 6.24. The van der Waals surface area contributed by atoms with Gasteiger partial charge in [0.15, 0.2) is 0 Å².